The second-order valence-corrected chi connectivity index (χ2v) is 6.62. The Morgan fingerprint density at radius 3 is 2.71 bits per heavy atom. The van der Waals surface area contributed by atoms with Crippen LogP contribution in [0.3, 0.4) is 0 Å². The average molecular weight is 332 g/mol. The molecule has 6 heteroatoms. The van der Waals surface area contributed by atoms with Crippen molar-refractivity contribution in [2.24, 2.45) is 0 Å². The first-order valence-electron chi connectivity index (χ1n) is 8.62. The maximum Gasteiger partial charge on any atom is 0.309 e. The van der Waals surface area contributed by atoms with Crippen LogP contribution in [0.15, 0.2) is 24.3 Å². The number of rotatable bonds is 3. The number of para-hydroxylation sites is 1. The lowest BCUT2D eigenvalue weighted by molar-refractivity contribution is -0.140. The van der Waals surface area contributed by atoms with E-state index in [1.807, 2.05) is 12.1 Å². The lowest BCUT2D eigenvalue weighted by Gasteiger charge is -2.34. The Bertz CT molecular complexity index is 613. The predicted molar refractivity (Wildman–Crippen MR) is 88.5 cm³/mol. The van der Waals surface area contributed by atoms with Gasteiger partial charge in [0.15, 0.2) is 0 Å². The SMILES string of the molecule is O=C(NCC1(O)CCOc2ccccc21)C(=O)NC1CCCCC1. The zero-order valence-corrected chi connectivity index (χ0v) is 13.7. The molecular formula is C18H24N2O4. The van der Waals surface area contributed by atoms with Crippen molar-refractivity contribution in [3.8, 4) is 5.75 Å². The summed E-state index contributed by atoms with van der Waals surface area (Å²) in [4.78, 5) is 24.1. The molecule has 1 unspecified atom stereocenters. The summed E-state index contributed by atoms with van der Waals surface area (Å²) in [6.07, 6.45) is 5.58. The van der Waals surface area contributed by atoms with Crippen molar-refractivity contribution in [2.75, 3.05) is 13.2 Å². The molecule has 0 spiro atoms. The quantitative estimate of drug-likeness (QED) is 0.726. The molecule has 3 N–H and O–H groups in total. The van der Waals surface area contributed by atoms with Gasteiger partial charge >= 0.3 is 11.8 Å². The van der Waals surface area contributed by atoms with Crippen molar-refractivity contribution in [3.63, 3.8) is 0 Å². The van der Waals surface area contributed by atoms with Crippen LogP contribution in [0.1, 0.15) is 44.1 Å². The van der Waals surface area contributed by atoms with Crippen LogP contribution in [0.4, 0.5) is 0 Å². The minimum absolute atomic E-state index is 0.00963. The normalized spacial score (nSPS) is 23.7. The highest BCUT2D eigenvalue weighted by molar-refractivity contribution is 6.35. The van der Waals surface area contributed by atoms with Gasteiger partial charge in [-0.1, -0.05) is 37.5 Å². The second-order valence-electron chi connectivity index (χ2n) is 6.62. The van der Waals surface area contributed by atoms with Gasteiger partial charge in [0.05, 0.1) is 13.2 Å². The number of benzene rings is 1. The fraction of sp³-hybridized carbons (Fsp3) is 0.556. The maximum absolute atomic E-state index is 12.0. The van der Waals surface area contributed by atoms with Gasteiger partial charge in [0.25, 0.3) is 0 Å². The van der Waals surface area contributed by atoms with Gasteiger partial charge in [0, 0.05) is 18.0 Å². The van der Waals surface area contributed by atoms with E-state index in [1.54, 1.807) is 12.1 Å². The number of nitrogens with one attached hydrogen (secondary N) is 2. The topological polar surface area (TPSA) is 87.7 Å². The molecule has 24 heavy (non-hydrogen) atoms. The zero-order valence-electron chi connectivity index (χ0n) is 13.7. The summed E-state index contributed by atoms with van der Waals surface area (Å²) in [5.74, 6) is -0.698. The minimum atomic E-state index is -1.21. The summed E-state index contributed by atoms with van der Waals surface area (Å²) >= 11 is 0. The van der Waals surface area contributed by atoms with Gasteiger partial charge < -0.3 is 20.5 Å². The van der Waals surface area contributed by atoms with Gasteiger partial charge in [-0.25, -0.2) is 0 Å². The van der Waals surface area contributed by atoms with Crippen LogP contribution in [0.2, 0.25) is 0 Å². The van der Waals surface area contributed by atoms with Crippen LogP contribution in [0.25, 0.3) is 0 Å². The molecule has 130 valence electrons. The molecule has 1 aliphatic heterocycles. The lowest BCUT2D eigenvalue weighted by Crippen LogP contribution is -2.49. The fourth-order valence-electron chi connectivity index (χ4n) is 3.43. The first kappa shape index (κ1) is 16.8. The maximum atomic E-state index is 12.0. The summed E-state index contributed by atoms with van der Waals surface area (Å²) < 4.78 is 5.52. The van der Waals surface area contributed by atoms with Crippen LogP contribution in [-0.2, 0) is 15.2 Å². The van der Waals surface area contributed by atoms with E-state index in [2.05, 4.69) is 10.6 Å². The minimum Gasteiger partial charge on any atom is -0.493 e. The van der Waals surface area contributed by atoms with Crippen LogP contribution in [0, 0.1) is 0 Å². The number of aliphatic hydroxyl groups is 1. The molecule has 1 atom stereocenters. The third-order valence-electron chi connectivity index (χ3n) is 4.85. The highest BCUT2D eigenvalue weighted by Gasteiger charge is 2.36. The van der Waals surface area contributed by atoms with Crippen molar-refractivity contribution in [2.45, 2.75) is 50.2 Å². The van der Waals surface area contributed by atoms with Crippen molar-refractivity contribution < 1.29 is 19.4 Å². The summed E-state index contributed by atoms with van der Waals surface area (Å²) in [5, 5.41) is 16.2. The Morgan fingerprint density at radius 2 is 1.92 bits per heavy atom. The summed E-state index contributed by atoms with van der Waals surface area (Å²) in [6, 6.07) is 7.31. The first-order chi connectivity index (χ1) is 11.6. The van der Waals surface area contributed by atoms with E-state index in [0.29, 0.717) is 24.3 Å². The zero-order chi connectivity index (χ0) is 17.0. The fourth-order valence-corrected chi connectivity index (χ4v) is 3.43. The van der Waals surface area contributed by atoms with Gasteiger partial charge in [-0.2, -0.15) is 0 Å². The molecule has 0 saturated heterocycles. The number of carbonyl (C=O) groups excluding carboxylic acids is 2. The molecule has 1 fully saturated rings. The molecule has 1 aromatic rings. The monoisotopic (exact) mass is 332 g/mol. The standard InChI is InChI=1S/C18H24N2O4/c21-16(17(22)20-13-6-2-1-3-7-13)19-12-18(23)10-11-24-15-9-5-4-8-14(15)18/h4-5,8-9,13,23H,1-3,6-7,10-12H2,(H,19,21)(H,20,22). The Kier molecular flexibility index (Phi) is 5.04. The van der Waals surface area contributed by atoms with E-state index in [9.17, 15) is 14.7 Å². The van der Waals surface area contributed by atoms with E-state index < -0.39 is 17.4 Å². The van der Waals surface area contributed by atoms with Crippen molar-refractivity contribution in [1.82, 2.24) is 10.6 Å². The summed E-state index contributed by atoms with van der Waals surface area (Å²) in [5.41, 5.74) is -0.570. The van der Waals surface area contributed by atoms with Gasteiger partial charge in [0.1, 0.15) is 11.4 Å². The molecule has 2 aliphatic rings. The number of hydrogen-bond acceptors (Lipinski definition) is 4. The number of amides is 2. The Hall–Kier alpha value is -2.08. The van der Waals surface area contributed by atoms with Crippen LogP contribution in [0.5, 0.6) is 5.75 Å². The number of ether oxygens (including phenoxy) is 1. The smallest absolute Gasteiger partial charge is 0.309 e. The van der Waals surface area contributed by atoms with Crippen LogP contribution >= 0.6 is 0 Å². The molecule has 0 bridgehead atoms. The molecule has 0 radical (unpaired) electrons. The Balaban J connectivity index is 1.57. The first-order valence-corrected chi connectivity index (χ1v) is 8.62. The summed E-state index contributed by atoms with van der Waals surface area (Å²) in [6.45, 7) is 0.363. The molecule has 3 rings (SSSR count). The molecule has 1 saturated carbocycles. The Morgan fingerprint density at radius 1 is 1.17 bits per heavy atom. The Labute approximate surface area is 141 Å². The molecule has 1 heterocycles. The van der Waals surface area contributed by atoms with E-state index in [4.69, 9.17) is 4.74 Å². The number of hydrogen-bond donors (Lipinski definition) is 3. The van der Waals surface area contributed by atoms with E-state index in [-0.39, 0.29) is 12.6 Å². The van der Waals surface area contributed by atoms with E-state index in [0.717, 1.165) is 25.7 Å². The van der Waals surface area contributed by atoms with Gasteiger partial charge in [0.2, 0.25) is 0 Å². The third kappa shape index (κ3) is 3.70. The highest BCUT2D eigenvalue weighted by atomic mass is 16.5. The number of fused-ring (bicyclic) bond motifs is 1. The second kappa shape index (κ2) is 7.21. The van der Waals surface area contributed by atoms with Crippen molar-refractivity contribution in [3.05, 3.63) is 29.8 Å². The van der Waals surface area contributed by atoms with Gasteiger partial charge in [-0.15, -0.1) is 0 Å². The molecular weight excluding hydrogens is 308 g/mol. The number of carbonyl (C=O) groups is 2. The lowest BCUT2D eigenvalue weighted by atomic mass is 9.88. The third-order valence-corrected chi connectivity index (χ3v) is 4.85. The molecule has 2 amide bonds. The van der Waals surface area contributed by atoms with Gasteiger partial charge in [-0.05, 0) is 18.9 Å². The molecule has 1 aromatic carbocycles. The van der Waals surface area contributed by atoms with Crippen LogP contribution in [-0.4, -0.2) is 36.1 Å². The van der Waals surface area contributed by atoms with E-state index >= 15 is 0 Å². The largest absolute Gasteiger partial charge is 0.493 e. The summed E-state index contributed by atoms with van der Waals surface area (Å²) in [7, 11) is 0. The molecule has 0 aromatic heterocycles. The van der Waals surface area contributed by atoms with E-state index in [1.165, 1.54) is 6.42 Å². The molecule has 6 nitrogen and oxygen atoms in total. The molecule has 1 aliphatic carbocycles. The van der Waals surface area contributed by atoms with Gasteiger partial charge in [-0.3, -0.25) is 9.59 Å². The van der Waals surface area contributed by atoms with Crippen molar-refractivity contribution in [1.29, 1.82) is 0 Å². The van der Waals surface area contributed by atoms with Crippen LogP contribution < -0.4 is 15.4 Å². The van der Waals surface area contributed by atoms with Crippen molar-refractivity contribution >= 4 is 11.8 Å². The average Bonchev–Trinajstić information content (AvgIpc) is 2.61. The highest BCUT2D eigenvalue weighted by Crippen LogP contribution is 2.36. The predicted octanol–water partition coefficient (Wildman–Crippen LogP) is 1.22.